The number of nitrogens with one attached hydrogen (secondary N) is 9. The van der Waals surface area contributed by atoms with Gasteiger partial charge in [0.2, 0.25) is 23.8 Å². The summed E-state index contributed by atoms with van der Waals surface area (Å²) in [5.74, 6) is 4.18. The molecule has 4 aliphatic rings. The van der Waals surface area contributed by atoms with Gasteiger partial charge in [-0.3, -0.25) is 14.6 Å². The molecule has 4 fully saturated rings. The zero-order chi connectivity index (χ0) is 103. The lowest BCUT2D eigenvalue weighted by atomic mass is 10.0. The van der Waals surface area contributed by atoms with E-state index in [1.165, 1.54) is 65.1 Å². The van der Waals surface area contributed by atoms with Crippen molar-refractivity contribution >= 4 is 203 Å². The van der Waals surface area contributed by atoms with Gasteiger partial charge in [0, 0.05) is 157 Å². The Morgan fingerprint density at radius 3 is 1.25 bits per heavy atom. The molecule has 0 spiro atoms. The molecule has 0 unspecified atom stereocenters. The molecular weight excluding hydrogens is 2050 g/mol. The Bertz CT molecular complexity index is 6690. The van der Waals surface area contributed by atoms with Crippen molar-refractivity contribution in [3.8, 4) is 23.0 Å². The Morgan fingerprint density at radius 1 is 0.427 bits per heavy atom. The number of hydrogen-bond donors (Lipinski definition) is 9. The molecule has 4 aromatic heterocycles. The smallest absolute Gasteiger partial charge is 0.253 e. The minimum absolute atomic E-state index is 0.000288. The quantitative estimate of drug-likeness (QED) is 0.0144. The van der Waals surface area contributed by atoms with E-state index in [-0.39, 0.29) is 34.6 Å². The Kier molecular flexibility index (Phi) is 37.5. The third kappa shape index (κ3) is 29.7. The molecule has 0 radical (unpaired) electrons. The number of ether oxygens (including phenoxy) is 4. The lowest BCUT2D eigenvalue weighted by molar-refractivity contribution is 0.0943. The van der Waals surface area contributed by atoms with Gasteiger partial charge in [-0.2, -0.15) is 19.9 Å². The first kappa shape index (κ1) is 109. The van der Waals surface area contributed by atoms with Gasteiger partial charge in [-0.15, -0.1) is 0 Å². The normalized spacial score (nSPS) is 14.8. The molecule has 0 saturated carbocycles. The number of hydrogen-bond acceptors (Lipinski definition) is 32. The number of piperazine rings is 2. The molecule has 33 nitrogen and oxygen atoms in total. The number of piperidine rings is 2. The van der Waals surface area contributed by atoms with Crippen LogP contribution in [0, 0.1) is 16.3 Å². The molecule has 760 valence electrons. The summed E-state index contributed by atoms with van der Waals surface area (Å²) in [7, 11) is 0.0793. The average molecular weight is 2180 g/mol. The van der Waals surface area contributed by atoms with Crippen LogP contribution in [0.3, 0.4) is 0 Å². The van der Waals surface area contributed by atoms with Crippen molar-refractivity contribution in [2.45, 2.75) is 88.6 Å². The van der Waals surface area contributed by atoms with E-state index in [1.54, 1.807) is 159 Å². The molecule has 0 bridgehead atoms. The second-order valence-electron chi connectivity index (χ2n) is 36.9. The summed E-state index contributed by atoms with van der Waals surface area (Å²) in [6.07, 6.45) is 10.5. The van der Waals surface area contributed by atoms with Crippen molar-refractivity contribution in [3.63, 3.8) is 0 Å². The van der Waals surface area contributed by atoms with E-state index in [0.717, 1.165) is 114 Å². The van der Waals surface area contributed by atoms with Crippen LogP contribution in [0.1, 0.15) is 69.3 Å². The molecule has 4 aliphatic heterocycles. The summed E-state index contributed by atoms with van der Waals surface area (Å²) in [6, 6.07) is 53.2. The number of aromatic nitrogens is 8. The van der Waals surface area contributed by atoms with E-state index >= 15 is 0 Å². The van der Waals surface area contributed by atoms with E-state index in [0.29, 0.717) is 113 Å². The Labute approximate surface area is 861 Å². The molecule has 4 saturated heterocycles. The highest BCUT2D eigenvalue weighted by atomic mass is 127. The van der Waals surface area contributed by atoms with Crippen LogP contribution in [-0.2, 0) is 23.5 Å². The number of halogens is 4. The van der Waals surface area contributed by atoms with Crippen LogP contribution in [0.5, 0.6) is 23.0 Å². The number of aryl methyl sites for hydroxylation is 1. The molecule has 0 atom stereocenters. The maximum Gasteiger partial charge on any atom is 0.253 e. The second-order valence-corrected chi connectivity index (χ2v) is 51.0. The Morgan fingerprint density at radius 2 is 0.797 bits per heavy atom. The number of nitrogens with zero attached hydrogens (tertiary/aromatic N) is 14. The first-order valence-electron chi connectivity index (χ1n) is 47.1. The maximum absolute atomic E-state index is 14.7. The van der Waals surface area contributed by atoms with Crippen molar-refractivity contribution < 1.29 is 50.2 Å². The van der Waals surface area contributed by atoms with E-state index in [1.807, 2.05) is 93.6 Å². The first-order chi connectivity index (χ1) is 68.2. The van der Waals surface area contributed by atoms with Crippen molar-refractivity contribution in [1.82, 2.24) is 64.8 Å². The Hall–Kier alpha value is -11.5. The van der Waals surface area contributed by atoms with Gasteiger partial charge in [0.1, 0.15) is 60.3 Å². The van der Waals surface area contributed by atoms with Gasteiger partial charge in [-0.25, -0.2) is 32.7 Å². The first-order valence-corrected chi connectivity index (χ1v) is 58.3. The highest BCUT2D eigenvalue weighted by Gasteiger charge is 2.32. The number of benzene rings is 8. The van der Waals surface area contributed by atoms with Gasteiger partial charge in [-0.05, 0) is 258 Å². The fraction of sp³-hybridized carbons (Fsp3) is 0.363. The van der Waals surface area contributed by atoms with E-state index in [2.05, 4.69) is 172 Å². The zero-order valence-corrected chi connectivity index (χ0v) is 90.9. The minimum atomic E-state index is -3.46. The van der Waals surface area contributed by atoms with Crippen LogP contribution in [0.2, 0.25) is 10.0 Å². The molecule has 9 N–H and O–H groups in total. The number of rotatable bonds is 31. The molecule has 8 heterocycles. The lowest BCUT2D eigenvalue weighted by Crippen LogP contribution is -2.52. The van der Waals surface area contributed by atoms with Gasteiger partial charge in [0.05, 0.1) is 103 Å². The number of methoxy groups -OCH3 is 4. The molecule has 16 rings (SSSR count). The molecule has 8 aromatic carbocycles. The van der Waals surface area contributed by atoms with Crippen molar-refractivity contribution in [2.75, 3.05) is 213 Å². The number of likely N-dealkylation sites (N-methyl/N-ethyl adjacent to an activating group) is 2. The number of anilines is 18. The fourth-order valence-electron chi connectivity index (χ4n) is 16.4. The van der Waals surface area contributed by atoms with Crippen molar-refractivity contribution in [3.05, 3.63) is 225 Å². The molecule has 1 amide bonds. The highest BCUT2D eigenvalue weighted by molar-refractivity contribution is 14.1. The summed E-state index contributed by atoms with van der Waals surface area (Å²) in [6.45, 7) is 32.6. The summed E-state index contributed by atoms with van der Waals surface area (Å²) in [5.41, 5.74) is 8.84. The predicted molar refractivity (Wildman–Crippen MR) is 590 cm³/mol. The standard InChI is InChI=1S/C30H41FN7O3P.C27H33ClIN7O.C23H27ClN5O3P.C22H27N4O3PS/c1-36-14-16-38(17-15-36)21-10-12-37(13-11-21)22-6-8-26(27(18-22)40-2)34-30-32-20-24(31)29(35-30)33-25-9-7-23(42(4,5)39)19-28(25)41-3;1-34-13-15-36(16-14-34)19-9-11-35(12-10-19)20-7-8-24(25(17-20)37-2)32-27-30-18-21(28)26(33-27)31-23-6-4-3-5-22(23)29;1-14(2)26-22(30)16-8-6-7-9-18(16)27-21-17(24)13-25-23(29-21)28-19-11-10-15(33(4,5)31)12-20(19)32-3;1-15(2)31(28,29)20-9-7-6-8-19(20)25-21-16(3)14-23-22(26-21)24-17-10-12-18(13-11-17)30(4,5)27/h6-9,18-21H,10-17H2,1-5H3,(H2,32,33,34,35);3-8,17-19H,9-16H2,1-2H3,(H2,30,31,32,33);6-14H,1-5H3,(H,26,30)(H2,25,27,28,29);6-15H,1-5H3,(H2,23,24,25,26). The summed E-state index contributed by atoms with van der Waals surface area (Å²) < 4.78 is 101. The molecule has 0 aliphatic carbocycles. The van der Waals surface area contributed by atoms with Crippen LogP contribution in [-0.4, -0.2) is 258 Å². The molecule has 12 aromatic rings. The third-order valence-electron chi connectivity index (χ3n) is 24.7. The lowest BCUT2D eigenvalue weighted by Gasteiger charge is -2.42. The largest absolute Gasteiger partial charge is 0.495 e. The topological polar surface area (TPSA) is 370 Å². The fourth-order valence-corrected chi connectivity index (χ4v) is 21.0. The number of sulfone groups is 1. The SMILES string of the molecule is COc1cc(N2CCC(N3CCN(C)CC3)CC2)ccc1Nc1ncc(Cl)c(Nc2ccccc2I)n1.COc1cc(N2CCC(N3CCN(C)CC3)CC2)ccc1Nc1ncc(F)c(Nc2ccc(P(C)(C)=O)cc2OC)n1.COc1cc(P(C)(C)=O)ccc1Nc1ncc(Cl)c(Nc2ccccc2C(=O)NC(C)C)n1.Cc1cnc(Nc2ccc(P(C)(C)=O)cc2)nc1Nc1ccccc1S(=O)(=O)C(C)C. The van der Waals surface area contributed by atoms with E-state index < -0.39 is 42.3 Å². The molecule has 41 heteroatoms. The number of carbonyl (C=O) groups is 1. The predicted octanol–water partition coefficient (Wildman–Crippen LogP) is 19.7. The van der Waals surface area contributed by atoms with Gasteiger partial charge < -0.3 is 100 Å². The van der Waals surface area contributed by atoms with Gasteiger partial charge in [0.25, 0.3) is 5.91 Å². The van der Waals surface area contributed by atoms with E-state index in [4.69, 9.17) is 42.1 Å². The van der Waals surface area contributed by atoms with Gasteiger partial charge in [0.15, 0.2) is 33.1 Å². The molecule has 143 heavy (non-hydrogen) atoms. The van der Waals surface area contributed by atoms with Gasteiger partial charge >= 0.3 is 0 Å². The zero-order valence-electron chi connectivity index (χ0n) is 83.7. The maximum atomic E-state index is 14.7. The average Bonchev–Trinajstić information content (AvgIpc) is 0.796. The van der Waals surface area contributed by atoms with Crippen LogP contribution >= 0.6 is 67.2 Å². The summed E-state index contributed by atoms with van der Waals surface area (Å²) in [5, 5.41) is 30.5. The monoisotopic (exact) mass is 2180 g/mol. The number of amides is 1. The van der Waals surface area contributed by atoms with Crippen LogP contribution in [0.25, 0.3) is 0 Å². The van der Waals surface area contributed by atoms with Crippen LogP contribution in [0.4, 0.5) is 108 Å². The third-order valence-corrected chi connectivity index (χ3v) is 33.0. The van der Waals surface area contributed by atoms with Crippen LogP contribution in [0.15, 0.2) is 200 Å². The summed E-state index contributed by atoms with van der Waals surface area (Å²) >= 11 is 15.0. The number of carbonyl (C=O) groups excluding carboxylic acids is 1. The summed E-state index contributed by atoms with van der Waals surface area (Å²) in [4.78, 5) is 62.8. The van der Waals surface area contributed by atoms with Crippen LogP contribution < -0.4 is 92.5 Å². The van der Waals surface area contributed by atoms with Crippen molar-refractivity contribution in [1.29, 1.82) is 0 Å². The number of para-hydroxylation sites is 3. The Balaban J connectivity index is 0.000000161. The van der Waals surface area contributed by atoms with E-state index in [9.17, 15) is 31.3 Å². The minimum Gasteiger partial charge on any atom is -0.495 e. The second kappa shape index (κ2) is 49.4. The van der Waals surface area contributed by atoms with Crippen molar-refractivity contribution in [2.24, 2.45) is 0 Å². The van der Waals surface area contributed by atoms with Gasteiger partial charge in [-0.1, -0.05) is 59.6 Å². The highest BCUT2D eigenvalue weighted by Crippen LogP contribution is 2.44. The molecular formula is C102H128Cl2FIN23O10P3S.